The zero-order valence-corrected chi connectivity index (χ0v) is 9.30. The second-order valence-electron chi connectivity index (χ2n) is 2.76. The van der Waals surface area contributed by atoms with Gasteiger partial charge >= 0.3 is 6.61 Å². The minimum atomic E-state index is -2.86. The lowest BCUT2D eigenvalue weighted by atomic mass is 10.1. The molecule has 0 aromatic heterocycles. The predicted octanol–water partition coefficient (Wildman–Crippen LogP) is 3.51. The molecule has 15 heavy (non-hydrogen) atoms. The van der Waals surface area contributed by atoms with Crippen LogP contribution in [0.15, 0.2) is 22.7 Å². The molecular weight excluding hydrogens is 268 g/mol. The first-order chi connectivity index (χ1) is 7.15. The van der Waals surface area contributed by atoms with Crippen LogP contribution in [0.25, 0.3) is 0 Å². The van der Waals surface area contributed by atoms with E-state index in [1.807, 2.05) is 6.07 Å². The van der Waals surface area contributed by atoms with E-state index in [9.17, 15) is 8.78 Å². The van der Waals surface area contributed by atoms with Gasteiger partial charge in [0.1, 0.15) is 5.75 Å². The van der Waals surface area contributed by atoms with E-state index in [-0.39, 0.29) is 12.2 Å². The first kappa shape index (κ1) is 11.9. The Bertz CT molecular complexity index is 376. The van der Waals surface area contributed by atoms with Crippen molar-refractivity contribution in [2.24, 2.45) is 0 Å². The average molecular weight is 276 g/mol. The SMILES string of the molecule is N#CCCc1cccc(Br)c1OC(F)F. The van der Waals surface area contributed by atoms with E-state index in [2.05, 4.69) is 20.7 Å². The fourth-order valence-corrected chi connectivity index (χ4v) is 1.66. The Hall–Kier alpha value is -1.15. The van der Waals surface area contributed by atoms with Crippen LogP contribution in [-0.4, -0.2) is 6.61 Å². The van der Waals surface area contributed by atoms with E-state index in [0.717, 1.165) is 0 Å². The van der Waals surface area contributed by atoms with Crippen LogP contribution in [0.3, 0.4) is 0 Å². The number of benzene rings is 1. The van der Waals surface area contributed by atoms with E-state index < -0.39 is 6.61 Å². The zero-order chi connectivity index (χ0) is 11.3. The lowest BCUT2D eigenvalue weighted by Gasteiger charge is -2.11. The molecule has 0 N–H and O–H groups in total. The summed E-state index contributed by atoms with van der Waals surface area (Å²) < 4.78 is 29.0. The van der Waals surface area contributed by atoms with Crippen molar-refractivity contribution >= 4 is 15.9 Å². The number of nitrogens with zero attached hydrogens (tertiary/aromatic N) is 1. The van der Waals surface area contributed by atoms with Crippen LogP contribution >= 0.6 is 15.9 Å². The van der Waals surface area contributed by atoms with Crippen molar-refractivity contribution in [2.45, 2.75) is 19.5 Å². The monoisotopic (exact) mass is 275 g/mol. The molecule has 0 unspecified atom stereocenters. The third-order valence-electron chi connectivity index (χ3n) is 1.76. The molecule has 0 radical (unpaired) electrons. The maximum atomic E-state index is 12.1. The van der Waals surface area contributed by atoms with E-state index in [0.29, 0.717) is 16.5 Å². The van der Waals surface area contributed by atoms with Gasteiger partial charge in [-0.05, 0) is 34.0 Å². The first-order valence-corrected chi connectivity index (χ1v) is 5.03. The molecule has 80 valence electrons. The van der Waals surface area contributed by atoms with E-state index in [4.69, 9.17) is 5.26 Å². The molecule has 0 bridgehead atoms. The van der Waals surface area contributed by atoms with Gasteiger partial charge in [0.25, 0.3) is 0 Å². The van der Waals surface area contributed by atoms with Gasteiger partial charge < -0.3 is 4.74 Å². The molecule has 5 heteroatoms. The highest BCUT2D eigenvalue weighted by Gasteiger charge is 2.12. The van der Waals surface area contributed by atoms with Crippen molar-refractivity contribution in [2.75, 3.05) is 0 Å². The average Bonchev–Trinajstić information content (AvgIpc) is 2.18. The van der Waals surface area contributed by atoms with Gasteiger partial charge in [0, 0.05) is 6.42 Å². The molecule has 0 spiro atoms. The van der Waals surface area contributed by atoms with Gasteiger partial charge in [0.15, 0.2) is 0 Å². The van der Waals surface area contributed by atoms with Crippen molar-refractivity contribution in [1.82, 2.24) is 0 Å². The van der Waals surface area contributed by atoms with Crippen LogP contribution in [0.1, 0.15) is 12.0 Å². The number of rotatable bonds is 4. The first-order valence-electron chi connectivity index (χ1n) is 4.24. The third kappa shape index (κ3) is 3.48. The summed E-state index contributed by atoms with van der Waals surface area (Å²) in [5, 5.41) is 8.42. The number of hydrogen-bond donors (Lipinski definition) is 0. The standard InChI is InChI=1S/C10H8BrF2NO/c11-8-5-1-3-7(4-2-6-14)9(8)15-10(12)13/h1,3,5,10H,2,4H2. The molecule has 0 atom stereocenters. The molecule has 0 heterocycles. The molecule has 0 saturated heterocycles. The largest absolute Gasteiger partial charge is 0.433 e. The van der Waals surface area contributed by atoms with Crippen molar-refractivity contribution < 1.29 is 13.5 Å². The fraction of sp³-hybridized carbons (Fsp3) is 0.300. The van der Waals surface area contributed by atoms with Crippen LogP contribution in [-0.2, 0) is 6.42 Å². The smallest absolute Gasteiger partial charge is 0.387 e. The summed E-state index contributed by atoms with van der Waals surface area (Å²) >= 11 is 3.13. The normalized spacial score (nSPS) is 10.1. The number of para-hydroxylation sites is 1. The van der Waals surface area contributed by atoms with Gasteiger partial charge in [-0.1, -0.05) is 12.1 Å². The topological polar surface area (TPSA) is 33.0 Å². The molecule has 0 aliphatic carbocycles. The van der Waals surface area contributed by atoms with Crippen molar-refractivity contribution in [3.05, 3.63) is 28.2 Å². The minimum absolute atomic E-state index is 0.114. The Morgan fingerprint density at radius 2 is 2.20 bits per heavy atom. The molecule has 1 aromatic carbocycles. The molecule has 0 aliphatic heterocycles. The number of halogens is 3. The van der Waals surface area contributed by atoms with Gasteiger partial charge in [-0.3, -0.25) is 0 Å². The molecule has 0 amide bonds. The highest BCUT2D eigenvalue weighted by Crippen LogP contribution is 2.31. The predicted molar refractivity (Wildman–Crippen MR) is 54.7 cm³/mol. The van der Waals surface area contributed by atoms with Gasteiger partial charge in [-0.25, -0.2) is 0 Å². The lowest BCUT2D eigenvalue weighted by molar-refractivity contribution is -0.0509. The number of aryl methyl sites for hydroxylation is 1. The molecule has 1 rings (SSSR count). The highest BCUT2D eigenvalue weighted by molar-refractivity contribution is 9.10. The summed E-state index contributed by atoms with van der Waals surface area (Å²) in [6, 6.07) is 6.96. The summed E-state index contributed by atoms with van der Waals surface area (Å²) in [6.07, 6.45) is 0.675. The van der Waals surface area contributed by atoms with E-state index >= 15 is 0 Å². The number of hydrogen-bond acceptors (Lipinski definition) is 2. The van der Waals surface area contributed by atoms with Crippen LogP contribution in [0.4, 0.5) is 8.78 Å². The Morgan fingerprint density at radius 3 is 2.80 bits per heavy atom. The number of nitriles is 1. The van der Waals surface area contributed by atoms with Crippen molar-refractivity contribution in [3.8, 4) is 11.8 Å². The molecular formula is C10H8BrF2NO. The quantitative estimate of drug-likeness (QED) is 0.843. The number of alkyl halides is 2. The van der Waals surface area contributed by atoms with Crippen molar-refractivity contribution in [3.63, 3.8) is 0 Å². The second kappa shape index (κ2) is 5.66. The Labute approximate surface area is 94.6 Å². The van der Waals surface area contributed by atoms with Gasteiger partial charge in [0.05, 0.1) is 10.5 Å². The summed E-state index contributed by atoms with van der Waals surface area (Å²) in [5.74, 6) is 0.114. The van der Waals surface area contributed by atoms with Gasteiger partial charge in [-0.15, -0.1) is 0 Å². The Kier molecular flexibility index (Phi) is 4.50. The number of ether oxygens (including phenoxy) is 1. The maximum Gasteiger partial charge on any atom is 0.387 e. The van der Waals surface area contributed by atoms with Crippen molar-refractivity contribution in [1.29, 1.82) is 5.26 Å². The van der Waals surface area contributed by atoms with Crippen LogP contribution in [0.5, 0.6) is 5.75 Å². The fourth-order valence-electron chi connectivity index (χ4n) is 1.16. The summed E-state index contributed by atoms with van der Waals surface area (Å²) in [4.78, 5) is 0. The van der Waals surface area contributed by atoms with Crippen LogP contribution in [0, 0.1) is 11.3 Å². The maximum absolute atomic E-state index is 12.1. The summed E-state index contributed by atoms with van der Waals surface area (Å²) in [7, 11) is 0. The van der Waals surface area contributed by atoms with Gasteiger partial charge in [0.2, 0.25) is 0 Å². The third-order valence-corrected chi connectivity index (χ3v) is 2.39. The van der Waals surface area contributed by atoms with Gasteiger partial charge in [-0.2, -0.15) is 14.0 Å². The van der Waals surface area contributed by atoms with Crippen LogP contribution in [0.2, 0.25) is 0 Å². The summed E-state index contributed by atoms with van der Waals surface area (Å²) in [5.41, 5.74) is 0.603. The van der Waals surface area contributed by atoms with E-state index in [1.54, 1.807) is 18.2 Å². The molecule has 2 nitrogen and oxygen atoms in total. The second-order valence-corrected chi connectivity index (χ2v) is 3.62. The lowest BCUT2D eigenvalue weighted by Crippen LogP contribution is -2.05. The highest BCUT2D eigenvalue weighted by atomic mass is 79.9. The molecule has 0 aliphatic rings. The minimum Gasteiger partial charge on any atom is -0.433 e. The Balaban J connectivity index is 2.93. The zero-order valence-electron chi connectivity index (χ0n) is 7.71. The summed E-state index contributed by atoms with van der Waals surface area (Å²) in [6.45, 7) is -2.86. The van der Waals surface area contributed by atoms with E-state index in [1.165, 1.54) is 0 Å². The van der Waals surface area contributed by atoms with Crippen LogP contribution < -0.4 is 4.74 Å². The molecule has 1 aromatic rings. The molecule has 0 fully saturated rings. The molecule has 0 saturated carbocycles. The Morgan fingerprint density at radius 1 is 1.47 bits per heavy atom.